The molecule has 0 bridgehead atoms. The van der Waals surface area contributed by atoms with Gasteiger partial charge < -0.3 is 0 Å². The Morgan fingerprint density at radius 1 is 1.40 bits per heavy atom. The van der Waals surface area contributed by atoms with E-state index in [2.05, 4.69) is 32.2 Å². The van der Waals surface area contributed by atoms with Crippen LogP contribution in [0.3, 0.4) is 0 Å². The Kier molecular flexibility index (Phi) is 4.53. The number of hydrogen-bond donors (Lipinski definition) is 1. The van der Waals surface area contributed by atoms with Gasteiger partial charge >= 0.3 is 101 Å². The van der Waals surface area contributed by atoms with Gasteiger partial charge in [0, 0.05) is 0 Å². The van der Waals surface area contributed by atoms with Crippen LogP contribution in [0.2, 0.25) is 4.48 Å². The molecule has 0 aromatic carbocycles. The molecule has 0 aliphatic rings. The molecule has 3 heteroatoms. The predicted molar refractivity (Wildman–Crippen MR) is 70.5 cm³/mol. The first-order valence-electron chi connectivity index (χ1n) is 5.04. The molecule has 2 nitrogen and oxygen atoms in total. The Morgan fingerprint density at radius 2 is 2.07 bits per heavy atom. The van der Waals surface area contributed by atoms with Gasteiger partial charge in [-0.1, -0.05) is 0 Å². The van der Waals surface area contributed by atoms with Crippen LogP contribution >= 0.6 is 0 Å². The van der Waals surface area contributed by atoms with Crippen LogP contribution < -0.4 is 3.54 Å². The molecule has 0 aliphatic carbocycles. The minimum absolute atomic E-state index is 1.12. The summed E-state index contributed by atoms with van der Waals surface area (Å²) in [6.45, 7) is 9.67. The molecule has 1 aromatic rings. The van der Waals surface area contributed by atoms with Crippen LogP contribution in [0.4, 0.5) is 0 Å². The van der Waals surface area contributed by atoms with Gasteiger partial charge in [-0.2, -0.15) is 0 Å². The van der Waals surface area contributed by atoms with E-state index in [4.69, 9.17) is 3.54 Å². The van der Waals surface area contributed by atoms with Gasteiger partial charge in [0.05, 0.1) is 0 Å². The van der Waals surface area contributed by atoms with Crippen molar-refractivity contribution in [2.75, 3.05) is 0 Å². The second kappa shape index (κ2) is 5.46. The number of rotatable bonds is 4. The molecule has 0 unspecified atom stereocenters. The molecular formula is C12H17N2Tl. The van der Waals surface area contributed by atoms with Crippen molar-refractivity contribution in [3.05, 3.63) is 42.3 Å². The van der Waals surface area contributed by atoms with Gasteiger partial charge in [0.1, 0.15) is 0 Å². The first-order chi connectivity index (χ1) is 7.15. The molecule has 15 heavy (non-hydrogen) atoms. The van der Waals surface area contributed by atoms with Crippen molar-refractivity contribution in [3.8, 4) is 0 Å². The molecule has 0 fully saturated rings. The Balaban J connectivity index is 3.45. The number of allylic oxidation sites excluding steroid dienone is 1. The molecule has 0 atom stereocenters. The average Bonchev–Trinajstić information content (AvgIpc) is 2.56. The van der Waals surface area contributed by atoms with Crippen LogP contribution in [0.15, 0.2) is 25.3 Å². The quantitative estimate of drug-likeness (QED) is 0.784. The summed E-state index contributed by atoms with van der Waals surface area (Å²) in [4.78, 5) is 0. The zero-order valence-electron chi connectivity index (χ0n) is 9.40. The molecule has 78 valence electrons. The maximum atomic E-state index is 6.16. The Labute approximate surface area is 101 Å². The molecule has 0 saturated heterocycles. The van der Waals surface area contributed by atoms with Crippen LogP contribution in [0.1, 0.15) is 23.9 Å². The van der Waals surface area contributed by atoms with Crippen molar-refractivity contribution >= 4 is 41.5 Å². The van der Waals surface area contributed by atoms with Crippen LogP contribution in [-0.4, -0.2) is 25.7 Å². The zero-order valence-corrected chi connectivity index (χ0v) is 13.9. The van der Waals surface area contributed by atoms with E-state index in [1.54, 1.807) is 0 Å². The molecular weight excluding hydrogens is 377 g/mol. The zero-order chi connectivity index (χ0) is 11.4. The Hall–Kier alpha value is -0.618. The summed E-state index contributed by atoms with van der Waals surface area (Å²) < 4.78 is 10.6. The fourth-order valence-electron chi connectivity index (χ4n) is 1.71. The third kappa shape index (κ3) is 2.49. The molecule has 1 rings (SSSR count). The summed E-state index contributed by atoms with van der Waals surface area (Å²) in [6.07, 6.45) is 7.84. The first kappa shape index (κ1) is 12.5. The van der Waals surface area contributed by atoms with Crippen LogP contribution in [-0.2, 0) is 0 Å². The summed E-state index contributed by atoms with van der Waals surface area (Å²) >= 11 is -2.20. The van der Waals surface area contributed by atoms with Gasteiger partial charge in [0.15, 0.2) is 0 Å². The molecule has 0 saturated carbocycles. The summed E-state index contributed by atoms with van der Waals surface area (Å²) in [5.74, 6) is 0. The van der Waals surface area contributed by atoms with Gasteiger partial charge in [-0.05, 0) is 0 Å². The third-order valence-electron chi connectivity index (χ3n) is 2.29. The normalized spacial score (nSPS) is 10.6. The molecule has 0 spiro atoms. The molecule has 0 radical (unpaired) electrons. The maximum absolute atomic E-state index is 6.16. The topological polar surface area (TPSA) is 30.9 Å². The van der Waals surface area contributed by atoms with E-state index in [9.17, 15) is 0 Å². The molecule has 2 N–H and O–H groups in total. The minimum atomic E-state index is -2.20. The van der Waals surface area contributed by atoms with Gasteiger partial charge in [-0.15, -0.1) is 0 Å². The van der Waals surface area contributed by atoms with Crippen molar-refractivity contribution in [2.24, 2.45) is 3.54 Å². The molecule has 1 aromatic heterocycles. The van der Waals surface area contributed by atoms with Gasteiger partial charge in [0.2, 0.25) is 0 Å². The van der Waals surface area contributed by atoms with E-state index in [0.29, 0.717) is 0 Å². The van der Waals surface area contributed by atoms with Crippen LogP contribution in [0.25, 0.3) is 18.2 Å². The second-order valence-corrected chi connectivity index (χ2v) is 11.2. The monoisotopic (exact) mass is 394 g/mol. The van der Waals surface area contributed by atoms with Gasteiger partial charge in [0.25, 0.3) is 0 Å². The summed E-state index contributed by atoms with van der Waals surface area (Å²) in [6, 6.07) is 2.12. The number of hydrogen-bond acceptors (Lipinski definition) is 1. The summed E-state index contributed by atoms with van der Waals surface area (Å²) in [5.41, 5.74) is 3.42. The molecule has 0 aliphatic heterocycles. The predicted octanol–water partition coefficient (Wildman–Crippen LogP) is 2.73. The average molecular weight is 394 g/mol. The van der Waals surface area contributed by atoms with E-state index < -0.39 is 23.3 Å². The van der Waals surface area contributed by atoms with E-state index >= 15 is 0 Å². The third-order valence-corrected chi connectivity index (χ3v) is 7.70. The summed E-state index contributed by atoms with van der Waals surface area (Å²) in [7, 11) is 0. The van der Waals surface area contributed by atoms with Crippen LogP contribution in [0, 0.1) is 0 Å². The van der Waals surface area contributed by atoms with Crippen LogP contribution in [0.5, 0.6) is 0 Å². The Bertz CT molecular complexity index is 400. The van der Waals surface area contributed by atoms with E-state index in [0.717, 1.165) is 11.3 Å². The molecule has 0 amide bonds. The van der Waals surface area contributed by atoms with Crippen molar-refractivity contribution in [2.45, 2.75) is 11.4 Å². The van der Waals surface area contributed by atoms with Crippen molar-refractivity contribution in [1.82, 2.24) is 2.38 Å². The first-order valence-corrected chi connectivity index (χ1v) is 14.1. The number of aromatic nitrogens is 1. The SMILES string of the molecule is C=Cc1cc(/C=C\C)[n]([Tl]([CH3])[NH2])c1C=C. The number of nitrogens with zero attached hydrogens (tertiary/aromatic N) is 1. The standard InChI is InChI=1S/C11H12N.CH3.H2N.Tl/c1-4-7-10-8-9(5-2)11(6-3)12-10;;;/h4-8H,2-3H2,1H3;1H3;1H2;/q-1;;-1;+2/b7-4-;;;. The van der Waals surface area contributed by atoms with Crippen molar-refractivity contribution < 1.29 is 0 Å². The van der Waals surface area contributed by atoms with E-state index in [1.807, 2.05) is 25.2 Å². The fraction of sp³-hybridized carbons (Fsp3) is 0.167. The van der Waals surface area contributed by atoms with E-state index in [1.165, 1.54) is 5.69 Å². The second-order valence-electron chi connectivity index (χ2n) is 3.43. The van der Waals surface area contributed by atoms with Crippen molar-refractivity contribution in [3.63, 3.8) is 0 Å². The van der Waals surface area contributed by atoms with Gasteiger partial charge in [-0.25, -0.2) is 0 Å². The van der Waals surface area contributed by atoms with Gasteiger partial charge in [-0.3, -0.25) is 0 Å². The molecule has 1 heterocycles. The summed E-state index contributed by atoms with van der Waals surface area (Å²) in [5, 5.41) is 0. The fourth-order valence-corrected chi connectivity index (χ4v) is 6.86. The van der Waals surface area contributed by atoms with Crippen molar-refractivity contribution in [1.29, 1.82) is 0 Å². The Morgan fingerprint density at radius 3 is 2.47 bits per heavy atom. The number of nitrogens with two attached hydrogens (primary N) is 1. The van der Waals surface area contributed by atoms with E-state index in [-0.39, 0.29) is 0 Å².